The van der Waals surface area contributed by atoms with Gasteiger partial charge >= 0.3 is 0 Å². The van der Waals surface area contributed by atoms with Crippen molar-refractivity contribution in [2.24, 2.45) is 0 Å². The second-order valence-electron chi connectivity index (χ2n) is 6.98. The van der Waals surface area contributed by atoms with Gasteiger partial charge in [0.2, 0.25) is 0 Å². The minimum atomic E-state index is -0.483. The van der Waals surface area contributed by atoms with Crippen molar-refractivity contribution in [3.05, 3.63) is 71.0 Å². The molecular formula is C22H20ClFN4O. The summed E-state index contributed by atoms with van der Waals surface area (Å²) in [6.07, 6.45) is 3.66. The molecule has 1 amide bonds. The van der Waals surface area contributed by atoms with E-state index >= 15 is 0 Å². The maximum atomic E-state index is 13.1. The first-order valence-electron chi connectivity index (χ1n) is 9.56. The third-order valence-corrected chi connectivity index (χ3v) is 5.26. The quantitative estimate of drug-likeness (QED) is 0.644. The van der Waals surface area contributed by atoms with Crippen molar-refractivity contribution in [1.29, 1.82) is 0 Å². The van der Waals surface area contributed by atoms with Crippen LogP contribution in [0.5, 0.6) is 0 Å². The summed E-state index contributed by atoms with van der Waals surface area (Å²) >= 11 is 5.95. The Morgan fingerprint density at radius 2 is 1.72 bits per heavy atom. The molecule has 1 aromatic heterocycles. The fraction of sp³-hybridized carbons (Fsp3) is 0.227. The number of nitrogens with one attached hydrogen (secondary N) is 1. The standard InChI is InChI=1S/C22H20ClFN4O/c23-19-14-16(24)6-9-18(19)22(29)25-17-7-4-15(5-8-17)20-10-11-21(27-26-20)28-12-2-1-3-13-28/h4-11,14H,1-3,12-13H2,(H,25,29). The summed E-state index contributed by atoms with van der Waals surface area (Å²) in [5.74, 6) is 0.0326. The molecule has 1 aliphatic heterocycles. The molecule has 0 bridgehead atoms. The number of anilines is 2. The predicted molar refractivity (Wildman–Crippen MR) is 113 cm³/mol. The monoisotopic (exact) mass is 410 g/mol. The molecule has 2 heterocycles. The Hall–Kier alpha value is -2.99. The van der Waals surface area contributed by atoms with Crippen molar-refractivity contribution in [1.82, 2.24) is 10.2 Å². The van der Waals surface area contributed by atoms with E-state index in [1.807, 2.05) is 24.3 Å². The molecule has 1 fully saturated rings. The minimum absolute atomic E-state index is 0.0724. The maximum Gasteiger partial charge on any atom is 0.257 e. The Morgan fingerprint density at radius 1 is 0.966 bits per heavy atom. The lowest BCUT2D eigenvalue weighted by atomic mass is 10.1. The molecule has 148 valence electrons. The highest BCUT2D eigenvalue weighted by atomic mass is 35.5. The van der Waals surface area contributed by atoms with Crippen LogP contribution in [0.1, 0.15) is 29.6 Å². The molecule has 3 aromatic rings. The van der Waals surface area contributed by atoms with Crippen LogP contribution < -0.4 is 10.2 Å². The van der Waals surface area contributed by atoms with Gasteiger partial charge in [0.1, 0.15) is 5.82 Å². The number of aromatic nitrogens is 2. The molecule has 7 heteroatoms. The largest absolute Gasteiger partial charge is 0.355 e. The Morgan fingerprint density at radius 3 is 2.38 bits per heavy atom. The van der Waals surface area contributed by atoms with E-state index in [9.17, 15) is 9.18 Å². The third-order valence-electron chi connectivity index (χ3n) is 4.94. The summed E-state index contributed by atoms with van der Waals surface area (Å²) in [5, 5.41) is 11.6. The van der Waals surface area contributed by atoms with Crippen LogP contribution in [0.3, 0.4) is 0 Å². The molecule has 2 aromatic carbocycles. The number of rotatable bonds is 4. The van der Waals surface area contributed by atoms with Crippen LogP contribution in [-0.2, 0) is 0 Å². The zero-order valence-electron chi connectivity index (χ0n) is 15.7. The molecule has 0 radical (unpaired) electrons. The first kappa shape index (κ1) is 19.3. The second-order valence-corrected chi connectivity index (χ2v) is 7.39. The van der Waals surface area contributed by atoms with Crippen molar-refractivity contribution in [2.45, 2.75) is 19.3 Å². The number of carbonyl (C=O) groups excluding carboxylic acids is 1. The lowest BCUT2D eigenvalue weighted by Crippen LogP contribution is -2.30. The summed E-state index contributed by atoms with van der Waals surface area (Å²) < 4.78 is 13.1. The van der Waals surface area contributed by atoms with Gasteiger partial charge in [-0.15, -0.1) is 10.2 Å². The van der Waals surface area contributed by atoms with Crippen LogP contribution in [0.15, 0.2) is 54.6 Å². The molecule has 4 rings (SSSR count). The van der Waals surface area contributed by atoms with Crippen molar-refractivity contribution < 1.29 is 9.18 Å². The lowest BCUT2D eigenvalue weighted by Gasteiger charge is -2.27. The normalized spacial score (nSPS) is 13.9. The highest BCUT2D eigenvalue weighted by molar-refractivity contribution is 6.34. The van der Waals surface area contributed by atoms with E-state index in [1.165, 1.54) is 31.4 Å². The minimum Gasteiger partial charge on any atom is -0.355 e. The number of piperidine rings is 1. The molecular weight excluding hydrogens is 391 g/mol. The lowest BCUT2D eigenvalue weighted by molar-refractivity contribution is 0.102. The molecule has 29 heavy (non-hydrogen) atoms. The Balaban J connectivity index is 1.44. The predicted octanol–water partition coefficient (Wildman–Crippen LogP) is 5.18. The molecule has 0 spiro atoms. The van der Waals surface area contributed by atoms with Crippen LogP contribution in [0.4, 0.5) is 15.9 Å². The Labute approximate surface area is 173 Å². The van der Waals surface area contributed by atoms with Gasteiger partial charge in [-0.1, -0.05) is 23.7 Å². The zero-order valence-corrected chi connectivity index (χ0v) is 16.5. The van der Waals surface area contributed by atoms with Crippen molar-refractivity contribution in [3.8, 4) is 11.3 Å². The summed E-state index contributed by atoms with van der Waals surface area (Å²) in [7, 11) is 0. The van der Waals surface area contributed by atoms with Gasteiger partial charge in [-0.3, -0.25) is 4.79 Å². The smallest absolute Gasteiger partial charge is 0.257 e. The van der Waals surface area contributed by atoms with E-state index in [4.69, 9.17) is 11.6 Å². The average Bonchev–Trinajstić information content (AvgIpc) is 2.75. The van der Waals surface area contributed by atoms with Gasteiger partial charge in [0.05, 0.1) is 16.3 Å². The van der Waals surface area contributed by atoms with Crippen molar-refractivity contribution >= 4 is 29.0 Å². The molecule has 0 unspecified atom stereocenters. The number of hydrogen-bond acceptors (Lipinski definition) is 4. The van der Waals surface area contributed by atoms with E-state index in [0.29, 0.717) is 5.69 Å². The van der Waals surface area contributed by atoms with E-state index in [0.717, 1.165) is 36.2 Å². The molecule has 0 saturated carbocycles. The van der Waals surface area contributed by atoms with Gasteiger partial charge in [-0.05, 0) is 61.7 Å². The number of halogens is 2. The van der Waals surface area contributed by atoms with Crippen LogP contribution >= 0.6 is 11.6 Å². The summed E-state index contributed by atoms with van der Waals surface area (Å²) in [6, 6.07) is 14.9. The first-order chi connectivity index (χ1) is 14.1. The van der Waals surface area contributed by atoms with E-state index in [1.54, 1.807) is 12.1 Å². The number of benzene rings is 2. The van der Waals surface area contributed by atoms with Crippen molar-refractivity contribution in [3.63, 3.8) is 0 Å². The number of amides is 1. The maximum absolute atomic E-state index is 13.1. The molecule has 1 N–H and O–H groups in total. The summed E-state index contributed by atoms with van der Waals surface area (Å²) in [5.41, 5.74) is 2.50. The number of hydrogen-bond donors (Lipinski definition) is 1. The van der Waals surface area contributed by atoms with E-state index < -0.39 is 11.7 Å². The molecule has 1 aliphatic rings. The highest BCUT2D eigenvalue weighted by Gasteiger charge is 2.14. The van der Waals surface area contributed by atoms with Gasteiger partial charge in [0.25, 0.3) is 5.91 Å². The van der Waals surface area contributed by atoms with Crippen LogP contribution in [-0.4, -0.2) is 29.2 Å². The van der Waals surface area contributed by atoms with E-state index in [2.05, 4.69) is 20.4 Å². The second kappa shape index (κ2) is 8.57. The number of nitrogens with zero attached hydrogens (tertiary/aromatic N) is 3. The van der Waals surface area contributed by atoms with Gasteiger partial charge in [-0.2, -0.15) is 0 Å². The highest BCUT2D eigenvalue weighted by Crippen LogP contribution is 2.23. The fourth-order valence-electron chi connectivity index (χ4n) is 3.37. The molecule has 1 saturated heterocycles. The molecule has 0 aliphatic carbocycles. The Bertz CT molecular complexity index is 1000. The van der Waals surface area contributed by atoms with Gasteiger partial charge in [0.15, 0.2) is 5.82 Å². The van der Waals surface area contributed by atoms with Crippen LogP contribution in [0.25, 0.3) is 11.3 Å². The molecule has 0 atom stereocenters. The average molecular weight is 411 g/mol. The van der Waals surface area contributed by atoms with Crippen LogP contribution in [0, 0.1) is 5.82 Å². The fourth-order valence-corrected chi connectivity index (χ4v) is 3.62. The molecule has 5 nitrogen and oxygen atoms in total. The van der Waals surface area contributed by atoms with Gasteiger partial charge in [0, 0.05) is 24.3 Å². The SMILES string of the molecule is O=C(Nc1ccc(-c2ccc(N3CCCCC3)nn2)cc1)c1ccc(F)cc1Cl. The van der Waals surface area contributed by atoms with Crippen LogP contribution in [0.2, 0.25) is 5.02 Å². The van der Waals surface area contributed by atoms with E-state index in [-0.39, 0.29) is 10.6 Å². The Kier molecular flexibility index (Phi) is 5.71. The first-order valence-corrected chi connectivity index (χ1v) is 9.93. The van der Waals surface area contributed by atoms with Gasteiger partial charge < -0.3 is 10.2 Å². The topological polar surface area (TPSA) is 58.1 Å². The number of carbonyl (C=O) groups is 1. The zero-order chi connectivity index (χ0) is 20.2. The third kappa shape index (κ3) is 4.54. The summed E-state index contributed by atoms with van der Waals surface area (Å²) in [4.78, 5) is 14.6. The summed E-state index contributed by atoms with van der Waals surface area (Å²) in [6.45, 7) is 2.06. The van der Waals surface area contributed by atoms with Crippen molar-refractivity contribution in [2.75, 3.05) is 23.3 Å². The van der Waals surface area contributed by atoms with Gasteiger partial charge in [-0.25, -0.2) is 4.39 Å².